The van der Waals surface area contributed by atoms with E-state index < -0.39 is 0 Å². The fourth-order valence-electron chi connectivity index (χ4n) is 4.22. The van der Waals surface area contributed by atoms with E-state index in [4.69, 9.17) is 9.47 Å². The summed E-state index contributed by atoms with van der Waals surface area (Å²) in [7, 11) is 0. The molecule has 5 heterocycles. The van der Waals surface area contributed by atoms with Crippen molar-refractivity contribution in [1.29, 1.82) is 0 Å². The van der Waals surface area contributed by atoms with Crippen LogP contribution in [-0.4, -0.2) is 54.6 Å². The van der Waals surface area contributed by atoms with Crippen molar-refractivity contribution in [3.05, 3.63) is 42.0 Å². The van der Waals surface area contributed by atoms with Crippen molar-refractivity contribution < 1.29 is 14.3 Å². The maximum Gasteiger partial charge on any atom is 0.261 e. The van der Waals surface area contributed by atoms with Gasteiger partial charge in [0, 0.05) is 30.6 Å². The van der Waals surface area contributed by atoms with Crippen molar-refractivity contribution in [3.8, 4) is 5.88 Å². The van der Waals surface area contributed by atoms with Gasteiger partial charge in [0.25, 0.3) is 5.91 Å². The van der Waals surface area contributed by atoms with E-state index in [0.717, 1.165) is 49.7 Å². The second kappa shape index (κ2) is 8.11. The lowest BCUT2D eigenvalue weighted by molar-refractivity contribution is 0.0551. The van der Waals surface area contributed by atoms with Crippen LogP contribution in [0.3, 0.4) is 0 Å². The van der Waals surface area contributed by atoms with Crippen molar-refractivity contribution in [2.45, 2.75) is 51.2 Å². The number of hydrogen-bond acceptors (Lipinski definition) is 7. The summed E-state index contributed by atoms with van der Waals surface area (Å²) in [4.78, 5) is 22.4. The molecule has 0 radical (unpaired) electrons. The number of ether oxygens (including phenoxy) is 2. The van der Waals surface area contributed by atoms with Crippen LogP contribution in [0.15, 0.2) is 30.9 Å². The van der Waals surface area contributed by atoms with Gasteiger partial charge in [-0.1, -0.05) is 0 Å². The minimum atomic E-state index is -0.315. The van der Waals surface area contributed by atoms with Gasteiger partial charge in [-0.2, -0.15) is 15.2 Å². The average molecular weight is 447 g/mol. The van der Waals surface area contributed by atoms with E-state index in [1.807, 2.05) is 30.1 Å². The second-order valence-corrected chi connectivity index (χ2v) is 8.82. The van der Waals surface area contributed by atoms with Crippen molar-refractivity contribution in [2.24, 2.45) is 0 Å². The van der Waals surface area contributed by atoms with Crippen LogP contribution in [-0.2, 0) is 4.74 Å². The lowest BCUT2D eigenvalue weighted by Gasteiger charge is -2.26. The highest BCUT2D eigenvalue weighted by molar-refractivity contribution is 6.08. The van der Waals surface area contributed by atoms with Crippen LogP contribution in [0.2, 0.25) is 0 Å². The summed E-state index contributed by atoms with van der Waals surface area (Å²) in [6, 6.07) is 1.98. The fourth-order valence-corrected chi connectivity index (χ4v) is 4.22. The van der Waals surface area contributed by atoms with Gasteiger partial charge in [-0.05, 0) is 50.7 Å². The predicted molar refractivity (Wildman–Crippen MR) is 121 cm³/mol. The van der Waals surface area contributed by atoms with Crippen molar-refractivity contribution in [2.75, 3.05) is 18.5 Å². The second-order valence-electron chi connectivity index (χ2n) is 8.82. The number of carbonyl (C=O) groups is 1. The number of nitrogens with zero attached hydrogens (tertiary/aromatic N) is 6. The third kappa shape index (κ3) is 3.80. The summed E-state index contributed by atoms with van der Waals surface area (Å²) in [6.45, 7) is 3.36. The van der Waals surface area contributed by atoms with Crippen molar-refractivity contribution in [3.63, 3.8) is 0 Å². The Bertz CT molecular complexity index is 1330. The Labute approximate surface area is 189 Å². The maximum absolute atomic E-state index is 13.3. The number of nitrogens with one attached hydrogen (secondary N) is 1. The number of hydrogen-bond donors (Lipinski definition) is 1. The topological polar surface area (TPSA) is 108 Å². The van der Waals surface area contributed by atoms with Gasteiger partial charge in [0.15, 0.2) is 11.3 Å². The normalized spacial score (nSPS) is 19.0. The first kappa shape index (κ1) is 20.1. The van der Waals surface area contributed by atoms with Gasteiger partial charge < -0.3 is 14.8 Å². The minimum Gasteiger partial charge on any atom is -0.474 e. The van der Waals surface area contributed by atoms with Gasteiger partial charge in [-0.3, -0.25) is 9.48 Å². The summed E-state index contributed by atoms with van der Waals surface area (Å²) >= 11 is 0. The monoisotopic (exact) mass is 447 g/mol. The number of carbonyl (C=O) groups excluding carboxylic acids is 1. The first-order valence-corrected chi connectivity index (χ1v) is 11.4. The zero-order valence-electron chi connectivity index (χ0n) is 18.4. The van der Waals surface area contributed by atoms with E-state index in [-0.39, 0.29) is 18.1 Å². The molecule has 10 heteroatoms. The van der Waals surface area contributed by atoms with Crippen molar-refractivity contribution >= 4 is 28.3 Å². The standard InChI is InChI=1S/C23H25N7O3/c1-14-9-24-21-19(10-25-30(21)11-14)26-22(31)18-8-15-12-29(16-4-3-7-32-13-16)28-20(15)27-23(18)33-17-5-2-6-17/h8-12,16-17H,2-7,13H2,1H3,(H,26,31)/t16-/m1/s1. The molecule has 1 saturated carbocycles. The van der Waals surface area contributed by atoms with Gasteiger partial charge in [-0.15, -0.1) is 0 Å². The SMILES string of the molecule is Cc1cnc2c(NC(=O)c3cc4cn([C@@H]5CCCOC5)nc4nc3OC3CCC3)cnn2c1. The Hall–Kier alpha value is -3.53. The van der Waals surface area contributed by atoms with E-state index >= 15 is 0 Å². The number of fused-ring (bicyclic) bond motifs is 2. The van der Waals surface area contributed by atoms with Crippen LogP contribution >= 0.6 is 0 Å². The number of amides is 1. The molecule has 4 aromatic heterocycles. The molecule has 2 aliphatic rings. The molecule has 6 rings (SSSR count). The molecule has 1 aliphatic heterocycles. The molecule has 1 amide bonds. The molecule has 10 nitrogen and oxygen atoms in total. The Kier molecular flexibility index (Phi) is 4.94. The molecule has 0 unspecified atom stereocenters. The summed E-state index contributed by atoms with van der Waals surface area (Å²) in [6.07, 6.45) is 12.3. The van der Waals surface area contributed by atoms with Gasteiger partial charge in [-0.25, -0.2) is 9.50 Å². The Balaban J connectivity index is 1.35. The van der Waals surface area contributed by atoms with Crippen LogP contribution in [0.5, 0.6) is 5.88 Å². The summed E-state index contributed by atoms with van der Waals surface area (Å²) in [5.41, 5.74) is 3.04. The van der Waals surface area contributed by atoms with E-state index in [1.54, 1.807) is 16.9 Å². The predicted octanol–water partition coefficient (Wildman–Crippen LogP) is 3.32. The highest BCUT2D eigenvalue weighted by Gasteiger charge is 2.26. The number of aromatic nitrogens is 6. The van der Waals surface area contributed by atoms with E-state index in [0.29, 0.717) is 35.0 Å². The van der Waals surface area contributed by atoms with Crippen LogP contribution in [0.1, 0.15) is 54.1 Å². The zero-order chi connectivity index (χ0) is 22.4. The molecule has 1 saturated heterocycles. The third-order valence-electron chi connectivity index (χ3n) is 6.30. The lowest BCUT2D eigenvalue weighted by atomic mass is 9.96. The largest absolute Gasteiger partial charge is 0.474 e. The molecular weight excluding hydrogens is 422 g/mol. The zero-order valence-corrected chi connectivity index (χ0v) is 18.4. The maximum atomic E-state index is 13.3. The molecule has 33 heavy (non-hydrogen) atoms. The van der Waals surface area contributed by atoms with Gasteiger partial charge >= 0.3 is 0 Å². The van der Waals surface area contributed by atoms with Crippen LogP contribution in [0.25, 0.3) is 16.7 Å². The smallest absolute Gasteiger partial charge is 0.261 e. The molecule has 0 bridgehead atoms. The Morgan fingerprint density at radius 2 is 2.12 bits per heavy atom. The van der Waals surface area contributed by atoms with E-state index in [9.17, 15) is 4.79 Å². The number of aryl methyl sites for hydroxylation is 1. The van der Waals surface area contributed by atoms with Crippen molar-refractivity contribution in [1.82, 2.24) is 29.4 Å². The van der Waals surface area contributed by atoms with Gasteiger partial charge in [0.1, 0.15) is 17.4 Å². The van der Waals surface area contributed by atoms with Gasteiger partial charge in [0.2, 0.25) is 5.88 Å². The summed E-state index contributed by atoms with van der Waals surface area (Å²) in [5, 5.41) is 12.7. The first-order valence-electron chi connectivity index (χ1n) is 11.4. The highest BCUT2D eigenvalue weighted by Crippen LogP contribution is 2.30. The Morgan fingerprint density at radius 1 is 1.21 bits per heavy atom. The molecular formula is C23H25N7O3. The third-order valence-corrected chi connectivity index (χ3v) is 6.30. The fraction of sp³-hybridized carbons (Fsp3) is 0.435. The molecule has 2 fully saturated rings. The molecule has 1 atom stereocenters. The highest BCUT2D eigenvalue weighted by atomic mass is 16.5. The number of pyridine rings is 1. The average Bonchev–Trinajstić information content (AvgIpc) is 3.39. The molecule has 1 aliphatic carbocycles. The Morgan fingerprint density at radius 3 is 2.91 bits per heavy atom. The van der Waals surface area contributed by atoms with Crippen LogP contribution in [0.4, 0.5) is 5.69 Å². The molecule has 170 valence electrons. The minimum absolute atomic E-state index is 0.0805. The van der Waals surface area contributed by atoms with Crippen LogP contribution < -0.4 is 10.1 Å². The quantitative estimate of drug-likeness (QED) is 0.500. The molecule has 0 aromatic carbocycles. The first-order chi connectivity index (χ1) is 16.1. The molecule has 0 spiro atoms. The summed E-state index contributed by atoms with van der Waals surface area (Å²) < 4.78 is 15.3. The number of rotatable bonds is 5. The summed E-state index contributed by atoms with van der Waals surface area (Å²) in [5.74, 6) is -0.000120. The molecule has 4 aromatic rings. The van der Waals surface area contributed by atoms with E-state index in [1.165, 1.54) is 0 Å². The number of anilines is 1. The van der Waals surface area contributed by atoms with E-state index in [2.05, 4.69) is 25.5 Å². The van der Waals surface area contributed by atoms with Crippen LogP contribution in [0, 0.1) is 6.92 Å². The van der Waals surface area contributed by atoms with Gasteiger partial charge in [0.05, 0.1) is 18.8 Å². The lowest BCUT2D eigenvalue weighted by Crippen LogP contribution is -2.26. The molecule has 1 N–H and O–H groups in total.